The van der Waals surface area contributed by atoms with E-state index in [0.29, 0.717) is 24.2 Å². The SMILES string of the molecule is COC(=O)CCCn1nc(C)c(C)c1[N+](=O)[O-]. The standard InChI is InChI=1S/C10H15N3O4/c1-7-8(2)11-12(10(7)13(15)16)6-4-5-9(14)17-3/h4-6H2,1-3H3. The van der Waals surface area contributed by atoms with Crippen LogP contribution in [-0.2, 0) is 16.1 Å². The first-order chi connectivity index (χ1) is 7.97. The smallest absolute Gasteiger partial charge is 0.348 e. The van der Waals surface area contributed by atoms with Gasteiger partial charge in [0.1, 0.15) is 6.54 Å². The number of nitrogens with zero attached hydrogens (tertiary/aromatic N) is 3. The predicted octanol–water partition coefficient (Wildman–Crippen LogP) is 1.36. The summed E-state index contributed by atoms with van der Waals surface area (Å²) < 4.78 is 5.82. The third-order valence-corrected chi connectivity index (χ3v) is 2.54. The van der Waals surface area contributed by atoms with E-state index in [-0.39, 0.29) is 18.2 Å². The van der Waals surface area contributed by atoms with Gasteiger partial charge in [-0.2, -0.15) is 0 Å². The van der Waals surface area contributed by atoms with Gasteiger partial charge < -0.3 is 14.9 Å². The lowest BCUT2D eigenvalue weighted by Crippen LogP contribution is -2.08. The number of carbonyl (C=O) groups excluding carboxylic acids is 1. The molecule has 0 N–H and O–H groups in total. The molecule has 0 aliphatic heterocycles. The van der Waals surface area contributed by atoms with Gasteiger partial charge in [0, 0.05) is 6.42 Å². The summed E-state index contributed by atoms with van der Waals surface area (Å²) in [7, 11) is 1.31. The summed E-state index contributed by atoms with van der Waals surface area (Å²) in [6.45, 7) is 3.72. The van der Waals surface area contributed by atoms with Crippen LogP contribution in [0.3, 0.4) is 0 Å². The fraction of sp³-hybridized carbons (Fsp3) is 0.600. The molecule has 17 heavy (non-hydrogen) atoms. The monoisotopic (exact) mass is 241 g/mol. The van der Waals surface area contributed by atoms with Gasteiger partial charge in [0.25, 0.3) is 0 Å². The third kappa shape index (κ3) is 3.02. The van der Waals surface area contributed by atoms with Crippen molar-refractivity contribution in [1.82, 2.24) is 9.78 Å². The van der Waals surface area contributed by atoms with E-state index in [1.807, 2.05) is 0 Å². The molecule has 0 amide bonds. The molecular formula is C10H15N3O4. The van der Waals surface area contributed by atoms with Gasteiger partial charge in [-0.25, -0.2) is 0 Å². The second kappa shape index (κ2) is 5.42. The van der Waals surface area contributed by atoms with Crippen LogP contribution in [0.25, 0.3) is 0 Å². The van der Waals surface area contributed by atoms with E-state index in [1.54, 1.807) is 13.8 Å². The number of hydrogen-bond donors (Lipinski definition) is 0. The molecular weight excluding hydrogens is 226 g/mol. The van der Waals surface area contributed by atoms with Crippen molar-refractivity contribution in [3.63, 3.8) is 0 Å². The highest BCUT2D eigenvalue weighted by Crippen LogP contribution is 2.21. The van der Waals surface area contributed by atoms with Crippen LogP contribution in [0.15, 0.2) is 0 Å². The average Bonchev–Trinajstić information content (AvgIpc) is 2.54. The summed E-state index contributed by atoms with van der Waals surface area (Å²) >= 11 is 0. The number of carbonyl (C=O) groups is 1. The maximum atomic E-state index is 10.9. The molecule has 0 saturated heterocycles. The fourth-order valence-corrected chi connectivity index (χ4v) is 1.52. The lowest BCUT2D eigenvalue weighted by molar-refractivity contribution is -0.393. The van der Waals surface area contributed by atoms with Gasteiger partial charge in [-0.1, -0.05) is 5.10 Å². The molecule has 0 aromatic carbocycles. The predicted molar refractivity (Wildman–Crippen MR) is 59.6 cm³/mol. The second-order valence-corrected chi connectivity index (χ2v) is 3.69. The van der Waals surface area contributed by atoms with Gasteiger partial charge in [0.05, 0.1) is 18.4 Å². The molecule has 0 unspecified atom stereocenters. The van der Waals surface area contributed by atoms with Gasteiger partial charge >= 0.3 is 11.8 Å². The van der Waals surface area contributed by atoms with Crippen molar-refractivity contribution in [1.29, 1.82) is 0 Å². The quantitative estimate of drug-likeness (QED) is 0.441. The van der Waals surface area contributed by atoms with E-state index < -0.39 is 4.92 Å². The Hall–Kier alpha value is -1.92. The molecule has 1 aromatic heterocycles. The number of aromatic nitrogens is 2. The second-order valence-electron chi connectivity index (χ2n) is 3.69. The molecule has 0 spiro atoms. The summed E-state index contributed by atoms with van der Waals surface area (Å²) in [5.74, 6) is -0.333. The minimum absolute atomic E-state index is 0.00707. The molecule has 94 valence electrons. The Bertz CT molecular complexity index is 439. The first-order valence-corrected chi connectivity index (χ1v) is 5.22. The van der Waals surface area contributed by atoms with Gasteiger partial charge in [-0.3, -0.25) is 4.79 Å². The van der Waals surface area contributed by atoms with Crippen LogP contribution in [0.4, 0.5) is 5.82 Å². The minimum Gasteiger partial charge on any atom is -0.469 e. The van der Waals surface area contributed by atoms with Gasteiger partial charge in [-0.15, -0.1) is 4.68 Å². The molecule has 0 fully saturated rings. The third-order valence-electron chi connectivity index (χ3n) is 2.54. The van der Waals surface area contributed by atoms with Crippen LogP contribution >= 0.6 is 0 Å². The molecule has 0 radical (unpaired) electrons. The highest BCUT2D eigenvalue weighted by atomic mass is 16.6. The summed E-state index contributed by atoms with van der Waals surface area (Å²) in [6, 6.07) is 0. The maximum absolute atomic E-state index is 10.9. The van der Waals surface area contributed by atoms with Crippen LogP contribution in [0.2, 0.25) is 0 Å². The normalized spacial score (nSPS) is 10.3. The van der Waals surface area contributed by atoms with Crippen molar-refractivity contribution in [2.45, 2.75) is 33.2 Å². The fourth-order valence-electron chi connectivity index (χ4n) is 1.52. The first-order valence-electron chi connectivity index (χ1n) is 5.22. The van der Waals surface area contributed by atoms with E-state index >= 15 is 0 Å². The maximum Gasteiger partial charge on any atom is 0.348 e. The number of rotatable bonds is 5. The number of aryl methyl sites for hydroxylation is 2. The topological polar surface area (TPSA) is 87.3 Å². The molecule has 1 aromatic rings. The highest BCUT2D eigenvalue weighted by molar-refractivity contribution is 5.68. The Kier molecular flexibility index (Phi) is 4.19. The lowest BCUT2D eigenvalue weighted by Gasteiger charge is -2.00. The van der Waals surface area contributed by atoms with E-state index in [1.165, 1.54) is 11.8 Å². The number of esters is 1. The Morgan fingerprint density at radius 2 is 2.18 bits per heavy atom. The zero-order chi connectivity index (χ0) is 13.0. The lowest BCUT2D eigenvalue weighted by atomic mass is 10.3. The molecule has 0 aliphatic rings. The van der Waals surface area contributed by atoms with Gasteiger partial charge in [0.15, 0.2) is 0 Å². The summed E-state index contributed by atoms with van der Waals surface area (Å²) in [5.41, 5.74) is 1.20. The van der Waals surface area contributed by atoms with Crippen molar-refractivity contribution in [2.24, 2.45) is 0 Å². The van der Waals surface area contributed by atoms with E-state index in [2.05, 4.69) is 9.84 Å². The van der Waals surface area contributed by atoms with Crippen molar-refractivity contribution < 1.29 is 14.5 Å². The van der Waals surface area contributed by atoms with Crippen LogP contribution < -0.4 is 0 Å². The van der Waals surface area contributed by atoms with Crippen LogP contribution in [-0.4, -0.2) is 27.8 Å². The van der Waals surface area contributed by atoms with Gasteiger partial charge in [0.2, 0.25) is 0 Å². The number of methoxy groups -OCH3 is 1. The molecule has 0 aliphatic carbocycles. The van der Waals surface area contributed by atoms with Crippen LogP contribution in [0.1, 0.15) is 24.1 Å². The molecule has 0 saturated carbocycles. The van der Waals surface area contributed by atoms with Crippen molar-refractivity contribution in [2.75, 3.05) is 7.11 Å². The molecule has 1 rings (SSSR count). The zero-order valence-corrected chi connectivity index (χ0v) is 10.1. The number of ether oxygens (including phenoxy) is 1. The van der Waals surface area contributed by atoms with E-state index in [4.69, 9.17) is 0 Å². The number of nitro groups is 1. The van der Waals surface area contributed by atoms with E-state index in [9.17, 15) is 14.9 Å². The molecule has 7 nitrogen and oxygen atoms in total. The van der Waals surface area contributed by atoms with Crippen molar-refractivity contribution >= 4 is 11.8 Å². The van der Waals surface area contributed by atoms with E-state index in [0.717, 1.165) is 0 Å². The largest absolute Gasteiger partial charge is 0.469 e. The Labute approximate surface area is 98.5 Å². The van der Waals surface area contributed by atoms with Crippen molar-refractivity contribution in [3.05, 3.63) is 21.4 Å². The molecule has 0 bridgehead atoms. The molecule has 1 heterocycles. The highest BCUT2D eigenvalue weighted by Gasteiger charge is 2.21. The summed E-state index contributed by atoms with van der Waals surface area (Å²) in [5, 5.41) is 14.9. The Morgan fingerprint density at radius 3 is 2.71 bits per heavy atom. The summed E-state index contributed by atoms with van der Waals surface area (Å²) in [6.07, 6.45) is 0.694. The molecule has 0 atom stereocenters. The average molecular weight is 241 g/mol. The molecule has 7 heteroatoms. The van der Waals surface area contributed by atoms with Gasteiger partial charge in [-0.05, 0) is 25.2 Å². The zero-order valence-electron chi connectivity index (χ0n) is 10.1. The Morgan fingerprint density at radius 1 is 1.53 bits per heavy atom. The summed E-state index contributed by atoms with van der Waals surface area (Å²) in [4.78, 5) is 21.3. The minimum atomic E-state index is -0.451. The van der Waals surface area contributed by atoms with Crippen LogP contribution in [0.5, 0.6) is 0 Å². The Balaban J connectivity index is 2.74. The first kappa shape index (κ1) is 13.1. The van der Waals surface area contributed by atoms with Crippen LogP contribution in [0, 0.1) is 24.0 Å². The van der Waals surface area contributed by atoms with Crippen molar-refractivity contribution in [3.8, 4) is 0 Å². The number of hydrogen-bond acceptors (Lipinski definition) is 5.